The van der Waals surface area contributed by atoms with Crippen LogP contribution in [0.5, 0.6) is 0 Å². The van der Waals surface area contributed by atoms with Gasteiger partial charge in [0.05, 0.1) is 0 Å². The van der Waals surface area contributed by atoms with E-state index in [1.54, 1.807) is 5.57 Å². The van der Waals surface area contributed by atoms with E-state index in [1.165, 1.54) is 19.3 Å². The molecule has 1 heteroatoms. The fourth-order valence-corrected chi connectivity index (χ4v) is 3.42. The molecule has 0 aromatic carbocycles. The third-order valence-electron chi connectivity index (χ3n) is 2.73. The molecule has 1 aliphatic carbocycles. The van der Waals surface area contributed by atoms with Crippen LogP contribution in [-0.2, 0) is 0 Å². The lowest BCUT2D eigenvalue weighted by Gasteiger charge is -2.42. The molecule has 1 fully saturated rings. The Bertz CT molecular complexity index is 193. The third-order valence-corrected chi connectivity index (χ3v) is 3.06. The first kappa shape index (κ1) is 11.3. The van der Waals surface area contributed by atoms with Gasteiger partial charge in [-0.2, -0.15) is 0 Å². The Morgan fingerprint density at radius 1 is 1.15 bits per heavy atom. The molecule has 76 valence electrons. The first-order chi connectivity index (χ1) is 5.85. The van der Waals surface area contributed by atoms with Gasteiger partial charge in [0.15, 0.2) is 0 Å². The summed E-state index contributed by atoms with van der Waals surface area (Å²) in [6.45, 7) is 9.54. The van der Waals surface area contributed by atoms with E-state index in [1.807, 2.05) is 0 Å². The second-order valence-corrected chi connectivity index (χ2v) is 6.52. The van der Waals surface area contributed by atoms with Gasteiger partial charge in [-0.1, -0.05) is 55.3 Å². The Balaban J connectivity index is 2.78. The van der Waals surface area contributed by atoms with Crippen molar-refractivity contribution < 1.29 is 0 Å². The van der Waals surface area contributed by atoms with Crippen LogP contribution in [0.4, 0.5) is 0 Å². The van der Waals surface area contributed by atoms with Gasteiger partial charge in [0.2, 0.25) is 0 Å². The minimum atomic E-state index is 0.496. The highest BCUT2D eigenvalue weighted by Gasteiger charge is 2.35. The maximum Gasteiger partial charge on any atom is 0.0214 e. The second kappa shape index (κ2) is 3.76. The molecule has 0 aromatic rings. The summed E-state index contributed by atoms with van der Waals surface area (Å²) in [4.78, 5) is 0. The zero-order chi connectivity index (χ0) is 10.1. The zero-order valence-electron chi connectivity index (χ0n) is 9.28. The fourth-order valence-electron chi connectivity index (χ4n) is 2.97. The topological polar surface area (TPSA) is 0 Å². The Hall–Kier alpha value is 0.220. The van der Waals surface area contributed by atoms with E-state index in [-0.39, 0.29) is 0 Å². The smallest absolute Gasteiger partial charge is 0.0214 e. The molecule has 13 heavy (non-hydrogen) atoms. The molecular formula is C12H21Br. The molecule has 0 nitrogen and oxygen atoms in total. The van der Waals surface area contributed by atoms with E-state index in [2.05, 4.69) is 49.7 Å². The van der Waals surface area contributed by atoms with Crippen molar-refractivity contribution in [2.75, 3.05) is 5.33 Å². The van der Waals surface area contributed by atoms with Gasteiger partial charge in [0, 0.05) is 5.33 Å². The normalized spacial score (nSPS) is 25.8. The van der Waals surface area contributed by atoms with E-state index in [0.717, 1.165) is 5.33 Å². The number of halogens is 1. The van der Waals surface area contributed by atoms with E-state index >= 15 is 0 Å². The van der Waals surface area contributed by atoms with Gasteiger partial charge in [-0.15, -0.1) is 0 Å². The predicted octanol–water partition coefficient (Wildman–Crippen LogP) is 4.54. The van der Waals surface area contributed by atoms with Gasteiger partial charge in [-0.05, 0) is 30.1 Å². The van der Waals surface area contributed by atoms with E-state index < -0.39 is 0 Å². The van der Waals surface area contributed by atoms with Crippen molar-refractivity contribution in [2.24, 2.45) is 10.8 Å². The SMILES string of the molecule is CC1(C)CC(=CCBr)CC(C)(C)C1. The van der Waals surface area contributed by atoms with Gasteiger partial charge in [-0.25, -0.2) is 0 Å². The van der Waals surface area contributed by atoms with Crippen molar-refractivity contribution in [1.29, 1.82) is 0 Å². The molecule has 0 unspecified atom stereocenters. The summed E-state index contributed by atoms with van der Waals surface area (Å²) in [5.41, 5.74) is 2.63. The van der Waals surface area contributed by atoms with Gasteiger partial charge in [-0.3, -0.25) is 0 Å². The van der Waals surface area contributed by atoms with Crippen molar-refractivity contribution in [3.8, 4) is 0 Å². The van der Waals surface area contributed by atoms with Gasteiger partial charge < -0.3 is 0 Å². The third kappa shape index (κ3) is 3.46. The predicted molar refractivity (Wildman–Crippen MR) is 63.3 cm³/mol. The molecule has 0 saturated heterocycles. The first-order valence-electron chi connectivity index (χ1n) is 5.09. The van der Waals surface area contributed by atoms with Gasteiger partial charge in [0.25, 0.3) is 0 Å². The highest BCUT2D eigenvalue weighted by molar-refractivity contribution is 9.09. The lowest BCUT2D eigenvalue weighted by molar-refractivity contribution is 0.154. The Morgan fingerprint density at radius 3 is 2.00 bits per heavy atom. The number of rotatable bonds is 1. The highest BCUT2D eigenvalue weighted by Crippen LogP contribution is 2.47. The minimum absolute atomic E-state index is 0.496. The molecule has 0 radical (unpaired) electrons. The van der Waals surface area contributed by atoms with Crippen LogP contribution >= 0.6 is 15.9 Å². The summed E-state index contributed by atoms with van der Waals surface area (Å²) >= 11 is 3.48. The van der Waals surface area contributed by atoms with E-state index in [0.29, 0.717) is 10.8 Å². The van der Waals surface area contributed by atoms with E-state index in [9.17, 15) is 0 Å². The van der Waals surface area contributed by atoms with Crippen molar-refractivity contribution in [3.05, 3.63) is 11.6 Å². The fraction of sp³-hybridized carbons (Fsp3) is 0.833. The first-order valence-corrected chi connectivity index (χ1v) is 6.21. The van der Waals surface area contributed by atoms with Crippen LogP contribution in [0, 0.1) is 10.8 Å². The van der Waals surface area contributed by atoms with Crippen molar-refractivity contribution >= 4 is 15.9 Å². The van der Waals surface area contributed by atoms with Crippen molar-refractivity contribution in [1.82, 2.24) is 0 Å². The highest BCUT2D eigenvalue weighted by atomic mass is 79.9. The van der Waals surface area contributed by atoms with E-state index in [4.69, 9.17) is 0 Å². The maximum absolute atomic E-state index is 3.48. The van der Waals surface area contributed by atoms with Crippen LogP contribution in [0.1, 0.15) is 47.0 Å². The molecule has 0 bridgehead atoms. The number of alkyl halides is 1. The largest absolute Gasteiger partial charge is 0.0883 e. The molecule has 0 aliphatic heterocycles. The summed E-state index contributed by atoms with van der Waals surface area (Å²) in [6, 6.07) is 0. The van der Waals surface area contributed by atoms with Crippen molar-refractivity contribution in [2.45, 2.75) is 47.0 Å². The van der Waals surface area contributed by atoms with Gasteiger partial charge in [0.1, 0.15) is 0 Å². The molecule has 0 N–H and O–H groups in total. The van der Waals surface area contributed by atoms with Crippen LogP contribution in [0.15, 0.2) is 11.6 Å². The quantitative estimate of drug-likeness (QED) is 0.470. The molecule has 0 atom stereocenters. The average Bonchev–Trinajstić information content (AvgIpc) is 1.78. The Labute approximate surface area is 90.9 Å². The van der Waals surface area contributed by atoms with Crippen molar-refractivity contribution in [3.63, 3.8) is 0 Å². The summed E-state index contributed by atoms with van der Waals surface area (Å²) in [5, 5.41) is 1.01. The van der Waals surface area contributed by atoms with Crippen LogP contribution in [0.25, 0.3) is 0 Å². The number of allylic oxidation sites excluding steroid dienone is 2. The summed E-state index contributed by atoms with van der Waals surface area (Å²) in [7, 11) is 0. The van der Waals surface area contributed by atoms with Crippen LogP contribution in [-0.4, -0.2) is 5.33 Å². The minimum Gasteiger partial charge on any atom is -0.0883 e. The molecule has 0 amide bonds. The molecular weight excluding hydrogens is 224 g/mol. The average molecular weight is 245 g/mol. The lowest BCUT2D eigenvalue weighted by atomic mass is 9.63. The summed E-state index contributed by atoms with van der Waals surface area (Å²) in [6.07, 6.45) is 6.26. The monoisotopic (exact) mass is 244 g/mol. The lowest BCUT2D eigenvalue weighted by Crippen LogP contribution is -2.29. The molecule has 0 spiro atoms. The zero-order valence-corrected chi connectivity index (χ0v) is 10.9. The summed E-state index contributed by atoms with van der Waals surface area (Å²) in [5.74, 6) is 0. The van der Waals surface area contributed by atoms with Crippen LogP contribution in [0.2, 0.25) is 0 Å². The van der Waals surface area contributed by atoms with Crippen LogP contribution < -0.4 is 0 Å². The molecule has 0 aromatic heterocycles. The second-order valence-electron chi connectivity index (χ2n) is 5.88. The molecule has 1 rings (SSSR count). The Morgan fingerprint density at radius 2 is 1.62 bits per heavy atom. The molecule has 0 heterocycles. The number of hydrogen-bond acceptors (Lipinski definition) is 0. The standard InChI is InChI=1S/C12H21Br/c1-11(2)7-10(5-6-13)8-12(3,4)9-11/h5H,6-9H2,1-4H3. The number of hydrogen-bond donors (Lipinski definition) is 0. The summed E-state index contributed by atoms with van der Waals surface area (Å²) < 4.78 is 0. The van der Waals surface area contributed by atoms with Crippen LogP contribution in [0.3, 0.4) is 0 Å². The molecule has 1 aliphatic rings. The molecule has 1 saturated carbocycles. The Kier molecular flexibility index (Phi) is 3.27. The van der Waals surface area contributed by atoms with Gasteiger partial charge >= 0.3 is 0 Å². The maximum atomic E-state index is 3.48.